The van der Waals surface area contributed by atoms with Gasteiger partial charge in [0.05, 0.1) is 12.2 Å². The second-order valence-electron chi connectivity index (χ2n) is 2.85. The summed E-state index contributed by atoms with van der Waals surface area (Å²) >= 11 is 0. The molecule has 4 nitrogen and oxygen atoms in total. The van der Waals surface area contributed by atoms with Crippen LogP contribution in [0.15, 0.2) is 24.3 Å². The zero-order chi connectivity index (χ0) is 12.0. The van der Waals surface area contributed by atoms with Gasteiger partial charge in [-0.15, -0.1) is 0 Å². The molecule has 82 valence electrons. The van der Waals surface area contributed by atoms with Gasteiger partial charge in [0.1, 0.15) is 0 Å². The molecule has 0 radical (unpaired) electrons. The van der Waals surface area contributed by atoms with Crippen LogP contribution >= 0.6 is 0 Å². The van der Waals surface area contributed by atoms with E-state index in [2.05, 4.69) is 16.6 Å². The van der Waals surface area contributed by atoms with Crippen LogP contribution in [0.4, 0.5) is 0 Å². The van der Waals surface area contributed by atoms with Crippen molar-refractivity contribution in [1.82, 2.24) is 0 Å². The average Bonchev–Trinajstić information content (AvgIpc) is 2.27. The van der Waals surface area contributed by atoms with Crippen LogP contribution in [0.5, 0.6) is 0 Å². The molecule has 1 aromatic carbocycles. The summed E-state index contributed by atoms with van der Waals surface area (Å²) < 4.78 is 4.62. The number of ether oxygens (including phenoxy) is 1. The maximum atomic E-state index is 10.9. The van der Waals surface area contributed by atoms with Gasteiger partial charge in [-0.05, 0) is 31.2 Å². The van der Waals surface area contributed by atoms with Gasteiger partial charge >= 0.3 is 11.9 Å². The molecule has 0 unspecified atom stereocenters. The number of carboxylic acid groups (broad SMARTS) is 1. The van der Waals surface area contributed by atoms with Crippen molar-refractivity contribution < 1.29 is 19.4 Å². The van der Waals surface area contributed by atoms with Gasteiger partial charge in [-0.2, -0.15) is 0 Å². The molecule has 0 fully saturated rings. The van der Waals surface area contributed by atoms with Crippen LogP contribution < -0.4 is 0 Å². The second-order valence-corrected chi connectivity index (χ2v) is 2.85. The molecular formula is C12H10O4. The predicted molar refractivity (Wildman–Crippen MR) is 56.9 cm³/mol. The number of aromatic carboxylic acids is 1. The average molecular weight is 218 g/mol. The second kappa shape index (κ2) is 5.56. The third kappa shape index (κ3) is 3.46. The van der Waals surface area contributed by atoms with Crippen LogP contribution in [0.3, 0.4) is 0 Å². The Hall–Kier alpha value is -2.28. The Labute approximate surface area is 92.9 Å². The first-order valence-electron chi connectivity index (χ1n) is 4.65. The molecule has 1 aromatic rings. The summed E-state index contributed by atoms with van der Waals surface area (Å²) in [4.78, 5) is 21.5. The summed E-state index contributed by atoms with van der Waals surface area (Å²) in [6.07, 6.45) is 0. The molecule has 0 atom stereocenters. The first kappa shape index (κ1) is 11.8. The summed E-state index contributed by atoms with van der Waals surface area (Å²) in [7, 11) is 0. The molecule has 0 bridgehead atoms. The largest absolute Gasteiger partial charge is 0.478 e. The molecule has 4 heteroatoms. The van der Waals surface area contributed by atoms with E-state index in [-0.39, 0.29) is 12.2 Å². The lowest BCUT2D eigenvalue weighted by Crippen LogP contribution is -1.99. The molecule has 0 aromatic heterocycles. The number of esters is 1. The molecule has 0 aliphatic rings. The van der Waals surface area contributed by atoms with Crippen molar-refractivity contribution in [3.63, 3.8) is 0 Å². The van der Waals surface area contributed by atoms with Gasteiger partial charge in [-0.1, -0.05) is 5.92 Å². The molecule has 0 heterocycles. The van der Waals surface area contributed by atoms with E-state index in [1.807, 2.05) is 0 Å². The minimum atomic E-state index is -0.995. The van der Waals surface area contributed by atoms with Crippen molar-refractivity contribution in [2.45, 2.75) is 6.92 Å². The SMILES string of the molecule is CCOC(=O)C#Cc1ccc(C(=O)O)cc1. The van der Waals surface area contributed by atoms with Gasteiger partial charge in [0, 0.05) is 11.5 Å². The molecule has 0 amide bonds. The molecule has 1 N–H and O–H groups in total. The van der Waals surface area contributed by atoms with Crippen molar-refractivity contribution in [3.8, 4) is 11.8 Å². The fourth-order valence-electron chi connectivity index (χ4n) is 0.987. The Morgan fingerprint density at radius 1 is 1.31 bits per heavy atom. The van der Waals surface area contributed by atoms with Crippen LogP contribution in [0.25, 0.3) is 0 Å². The van der Waals surface area contributed by atoms with Gasteiger partial charge in [-0.3, -0.25) is 0 Å². The number of hydrogen-bond acceptors (Lipinski definition) is 3. The molecule has 1 rings (SSSR count). The Kier molecular flexibility index (Phi) is 4.10. The topological polar surface area (TPSA) is 63.6 Å². The van der Waals surface area contributed by atoms with E-state index < -0.39 is 11.9 Å². The van der Waals surface area contributed by atoms with Gasteiger partial charge < -0.3 is 9.84 Å². The molecule has 0 saturated carbocycles. The van der Waals surface area contributed by atoms with Crippen LogP contribution in [0.2, 0.25) is 0 Å². The normalized spacial score (nSPS) is 8.81. The molecule has 0 spiro atoms. The maximum absolute atomic E-state index is 10.9. The van der Waals surface area contributed by atoms with Gasteiger partial charge in [0.2, 0.25) is 0 Å². The quantitative estimate of drug-likeness (QED) is 0.600. The summed E-state index contributed by atoms with van der Waals surface area (Å²) in [5.41, 5.74) is 0.750. The molecule has 0 aliphatic carbocycles. The molecule has 16 heavy (non-hydrogen) atoms. The van der Waals surface area contributed by atoms with Crippen LogP contribution in [0.1, 0.15) is 22.8 Å². The highest BCUT2D eigenvalue weighted by Gasteiger charge is 2.00. The van der Waals surface area contributed by atoms with Crippen molar-refractivity contribution in [1.29, 1.82) is 0 Å². The Balaban J connectivity index is 2.75. The molecular weight excluding hydrogens is 208 g/mol. The fraction of sp³-hybridized carbons (Fsp3) is 0.167. The van der Waals surface area contributed by atoms with Crippen LogP contribution in [-0.2, 0) is 9.53 Å². The fourth-order valence-corrected chi connectivity index (χ4v) is 0.987. The maximum Gasteiger partial charge on any atom is 0.384 e. The van der Waals surface area contributed by atoms with Crippen molar-refractivity contribution in [2.24, 2.45) is 0 Å². The van der Waals surface area contributed by atoms with Crippen molar-refractivity contribution in [2.75, 3.05) is 6.61 Å². The summed E-state index contributed by atoms with van der Waals surface area (Å²) in [5, 5.41) is 8.65. The minimum absolute atomic E-state index is 0.182. The van der Waals surface area contributed by atoms with E-state index in [9.17, 15) is 9.59 Å². The highest BCUT2D eigenvalue weighted by molar-refractivity contribution is 5.89. The summed E-state index contributed by atoms with van der Waals surface area (Å²) in [5.74, 6) is 3.28. The van der Waals surface area contributed by atoms with E-state index in [0.717, 1.165) is 0 Å². The summed E-state index contributed by atoms with van der Waals surface area (Å²) in [6.45, 7) is 1.98. The van der Waals surface area contributed by atoms with E-state index in [0.29, 0.717) is 5.56 Å². The zero-order valence-corrected chi connectivity index (χ0v) is 8.69. The van der Waals surface area contributed by atoms with Crippen molar-refractivity contribution in [3.05, 3.63) is 35.4 Å². The summed E-state index contributed by atoms with van der Waals surface area (Å²) in [6, 6.07) is 5.93. The smallest absolute Gasteiger partial charge is 0.384 e. The predicted octanol–water partition coefficient (Wildman–Crippen LogP) is 1.30. The number of carbonyl (C=O) groups is 2. The number of rotatable bonds is 2. The lowest BCUT2D eigenvalue weighted by atomic mass is 10.1. The number of carbonyl (C=O) groups excluding carboxylic acids is 1. The Morgan fingerprint density at radius 2 is 1.94 bits per heavy atom. The third-order valence-corrected chi connectivity index (χ3v) is 1.72. The van der Waals surface area contributed by atoms with Gasteiger partial charge in [0.15, 0.2) is 0 Å². The Morgan fingerprint density at radius 3 is 2.44 bits per heavy atom. The molecule has 0 saturated heterocycles. The number of benzene rings is 1. The lowest BCUT2D eigenvalue weighted by Gasteiger charge is -1.94. The van der Waals surface area contributed by atoms with E-state index in [4.69, 9.17) is 5.11 Å². The number of hydrogen-bond donors (Lipinski definition) is 1. The van der Waals surface area contributed by atoms with Crippen LogP contribution in [-0.4, -0.2) is 23.7 Å². The third-order valence-electron chi connectivity index (χ3n) is 1.72. The zero-order valence-electron chi connectivity index (χ0n) is 8.69. The lowest BCUT2D eigenvalue weighted by molar-refractivity contribution is -0.136. The standard InChI is InChI=1S/C12H10O4/c1-2-16-11(13)8-5-9-3-6-10(7-4-9)12(14)15/h3-4,6-7H,2H2,1H3,(H,14,15). The van der Waals surface area contributed by atoms with Crippen LogP contribution in [0, 0.1) is 11.8 Å². The van der Waals surface area contributed by atoms with Crippen molar-refractivity contribution >= 4 is 11.9 Å². The minimum Gasteiger partial charge on any atom is -0.478 e. The Bertz CT molecular complexity index is 448. The monoisotopic (exact) mass is 218 g/mol. The van der Waals surface area contributed by atoms with E-state index in [1.54, 1.807) is 6.92 Å². The first-order valence-corrected chi connectivity index (χ1v) is 4.65. The first-order chi connectivity index (χ1) is 7.63. The van der Waals surface area contributed by atoms with E-state index in [1.165, 1.54) is 24.3 Å². The van der Waals surface area contributed by atoms with E-state index >= 15 is 0 Å². The number of carboxylic acids is 1. The van der Waals surface area contributed by atoms with Gasteiger partial charge in [-0.25, -0.2) is 9.59 Å². The highest BCUT2D eigenvalue weighted by atomic mass is 16.5. The molecule has 0 aliphatic heterocycles. The highest BCUT2D eigenvalue weighted by Crippen LogP contribution is 2.02. The van der Waals surface area contributed by atoms with Gasteiger partial charge in [0.25, 0.3) is 0 Å².